The third-order valence-corrected chi connectivity index (χ3v) is 5.61. The first kappa shape index (κ1) is 21.3. The molecule has 1 aliphatic rings. The summed E-state index contributed by atoms with van der Waals surface area (Å²) in [7, 11) is 0. The predicted octanol–water partition coefficient (Wildman–Crippen LogP) is 4.38. The van der Waals surface area contributed by atoms with Gasteiger partial charge < -0.3 is 15.4 Å². The summed E-state index contributed by atoms with van der Waals surface area (Å²) in [5.41, 5.74) is 0.706. The van der Waals surface area contributed by atoms with Crippen LogP contribution in [0.25, 0.3) is 0 Å². The zero-order valence-electron chi connectivity index (χ0n) is 17.1. The highest BCUT2D eigenvalue weighted by Crippen LogP contribution is 2.28. The number of rotatable bonds is 8. The van der Waals surface area contributed by atoms with Gasteiger partial charge in [0.25, 0.3) is 0 Å². The molecule has 2 amide bonds. The molecule has 2 rings (SSSR count). The fraction of sp³-hybridized carbons (Fsp3) is 0.636. The lowest BCUT2D eigenvalue weighted by Gasteiger charge is -2.29. The number of ether oxygens (including phenoxy) is 1. The first-order chi connectivity index (χ1) is 12.9. The Kier molecular flexibility index (Phi) is 8.14. The van der Waals surface area contributed by atoms with Gasteiger partial charge >= 0.3 is 0 Å². The molecule has 1 saturated carbocycles. The van der Waals surface area contributed by atoms with Crippen molar-refractivity contribution in [3.05, 3.63) is 24.3 Å². The van der Waals surface area contributed by atoms with Gasteiger partial charge in [0.2, 0.25) is 11.8 Å². The fourth-order valence-corrected chi connectivity index (χ4v) is 3.52. The van der Waals surface area contributed by atoms with Crippen molar-refractivity contribution >= 4 is 17.5 Å². The highest BCUT2D eigenvalue weighted by atomic mass is 16.5. The molecular formula is C22H34N2O3. The lowest BCUT2D eigenvalue weighted by atomic mass is 9.82. The van der Waals surface area contributed by atoms with Crippen LogP contribution in [0.1, 0.15) is 59.8 Å². The number of anilines is 1. The van der Waals surface area contributed by atoms with E-state index in [0.717, 1.165) is 37.9 Å². The normalized spacial score (nSPS) is 21.8. The number of hydrogen-bond acceptors (Lipinski definition) is 3. The average molecular weight is 375 g/mol. The summed E-state index contributed by atoms with van der Waals surface area (Å²) < 4.78 is 5.43. The second-order valence-electron chi connectivity index (χ2n) is 7.78. The zero-order valence-corrected chi connectivity index (χ0v) is 17.1. The Morgan fingerprint density at radius 2 is 1.74 bits per heavy atom. The lowest BCUT2D eigenvalue weighted by molar-refractivity contribution is -0.131. The topological polar surface area (TPSA) is 67.4 Å². The smallest absolute Gasteiger partial charge is 0.247 e. The maximum atomic E-state index is 12.8. The SMILES string of the molecule is CCOc1ccc(NC(=O)[C@H](NC(=O)C2CCC(C)CC2)[C@H](C)CC)cc1. The Morgan fingerprint density at radius 3 is 2.30 bits per heavy atom. The number of benzene rings is 1. The molecule has 27 heavy (non-hydrogen) atoms. The van der Waals surface area contributed by atoms with Gasteiger partial charge in [-0.05, 0) is 68.7 Å². The van der Waals surface area contributed by atoms with Crippen LogP contribution in [0.2, 0.25) is 0 Å². The van der Waals surface area contributed by atoms with Crippen LogP contribution in [-0.2, 0) is 9.59 Å². The van der Waals surface area contributed by atoms with Crippen LogP contribution in [0.15, 0.2) is 24.3 Å². The molecular weight excluding hydrogens is 340 g/mol. The van der Waals surface area contributed by atoms with Crippen LogP contribution < -0.4 is 15.4 Å². The van der Waals surface area contributed by atoms with Gasteiger partial charge in [-0.2, -0.15) is 0 Å². The maximum Gasteiger partial charge on any atom is 0.247 e. The van der Waals surface area contributed by atoms with Gasteiger partial charge in [-0.3, -0.25) is 9.59 Å². The molecule has 0 spiro atoms. The monoisotopic (exact) mass is 374 g/mol. The molecule has 2 N–H and O–H groups in total. The van der Waals surface area contributed by atoms with Crippen molar-refractivity contribution in [2.24, 2.45) is 17.8 Å². The summed E-state index contributed by atoms with van der Waals surface area (Å²) in [6.45, 7) is 8.82. The summed E-state index contributed by atoms with van der Waals surface area (Å²) in [6, 6.07) is 6.79. The van der Waals surface area contributed by atoms with Crippen molar-refractivity contribution in [3.63, 3.8) is 0 Å². The quantitative estimate of drug-likeness (QED) is 0.709. The van der Waals surface area contributed by atoms with Gasteiger partial charge in [-0.15, -0.1) is 0 Å². The van der Waals surface area contributed by atoms with E-state index in [1.807, 2.05) is 45.0 Å². The molecule has 2 atom stereocenters. The van der Waals surface area contributed by atoms with E-state index in [1.165, 1.54) is 0 Å². The Morgan fingerprint density at radius 1 is 1.11 bits per heavy atom. The van der Waals surface area contributed by atoms with Gasteiger partial charge in [0.1, 0.15) is 11.8 Å². The molecule has 0 unspecified atom stereocenters. The third-order valence-electron chi connectivity index (χ3n) is 5.61. The average Bonchev–Trinajstić information content (AvgIpc) is 2.67. The summed E-state index contributed by atoms with van der Waals surface area (Å²) in [4.78, 5) is 25.5. The second kappa shape index (κ2) is 10.3. The first-order valence-corrected chi connectivity index (χ1v) is 10.3. The van der Waals surface area contributed by atoms with Gasteiger partial charge in [-0.25, -0.2) is 0 Å². The van der Waals surface area contributed by atoms with Crippen molar-refractivity contribution in [2.45, 2.75) is 65.8 Å². The fourth-order valence-electron chi connectivity index (χ4n) is 3.52. The van der Waals surface area contributed by atoms with E-state index in [0.29, 0.717) is 18.2 Å². The van der Waals surface area contributed by atoms with Crippen LogP contribution in [-0.4, -0.2) is 24.5 Å². The summed E-state index contributed by atoms with van der Waals surface area (Å²) >= 11 is 0. The molecule has 0 saturated heterocycles. The number of nitrogens with one attached hydrogen (secondary N) is 2. The van der Waals surface area contributed by atoms with Gasteiger partial charge in [0.05, 0.1) is 6.61 Å². The van der Waals surface area contributed by atoms with Crippen LogP contribution >= 0.6 is 0 Å². The van der Waals surface area contributed by atoms with Crippen LogP contribution in [0.5, 0.6) is 5.75 Å². The summed E-state index contributed by atoms with van der Waals surface area (Å²) in [5, 5.41) is 5.96. The Hall–Kier alpha value is -2.04. The van der Waals surface area contributed by atoms with Crippen molar-refractivity contribution < 1.29 is 14.3 Å². The number of hydrogen-bond donors (Lipinski definition) is 2. The number of carbonyl (C=O) groups excluding carboxylic acids is 2. The van der Waals surface area contributed by atoms with E-state index in [-0.39, 0.29) is 23.7 Å². The largest absolute Gasteiger partial charge is 0.494 e. The summed E-state index contributed by atoms with van der Waals surface area (Å²) in [5.74, 6) is 1.43. The zero-order chi connectivity index (χ0) is 19.8. The van der Waals surface area contributed by atoms with Crippen LogP contribution in [0.3, 0.4) is 0 Å². The van der Waals surface area contributed by atoms with E-state index in [2.05, 4.69) is 17.6 Å². The van der Waals surface area contributed by atoms with Gasteiger partial charge in [0, 0.05) is 11.6 Å². The molecule has 0 aromatic heterocycles. The molecule has 0 aliphatic heterocycles. The molecule has 5 nitrogen and oxygen atoms in total. The van der Waals surface area contributed by atoms with Crippen LogP contribution in [0.4, 0.5) is 5.69 Å². The molecule has 5 heteroatoms. The molecule has 1 aromatic carbocycles. The van der Waals surface area contributed by atoms with E-state index < -0.39 is 6.04 Å². The minimum Gasteiger partial charge on any atom is -0.494 e. The third kappa shape index (κ3) is 6.26. The van der Waals surface area contributed by atoms with Gasteiger partial charge in [0.15, 0.2) is 0 Å². The van der Waals surface area contributed by atoms with Crippen LogP contribution in [0, 0.1) is 17.8 Å². The molecule has 150 valence electrons. The van der Waals surface area contributed by atoms with E-state index in [1.54, 1.807) is 0 Å². The molecule has 1 fully saturated rings. The minimum absolute atomic E-state index is 0.0223. The molecule has 0 radical (unpaired) electrons. The lowest BCUT2D eigenvalue weighted by Crippen LogP contribution is -2.49. The van der Waals surface area contributed by atoms with E-state index >= 15 is 0 Å². The first-order valence-electron chi connectivity index (χ1n) is 10.3. The van der Waals surface area contributed by atoms with Crippen molar-refractivity contribution in [3.8, 4) is 5.75 Å². The second-order valence-corrected chi connectivity index (χ2v) is 7.78. The van der Waals surface area contributed by atoms with Crippen molar-refractivity contribution in [1.82, 2.24) is 5.32 Å². The molecule has 1 aliphatic carbocycles. The van der Waals surface area contributed by atoms with E-state index in [9.17, 15) is 9.59 Å². The highest BCUT2D eigenvalue weighted by molar-refractivity contribution is 5.97. The highest BCUT2D eigenvalue weighted by Gasteiger charge is 2.30. The molecule has 0 heterocycles. The van der Waals surface area contributed by atoms with E-state index in [4.69, 9.17) is 4.74 Å². The maximum absolute atomic E-state index is 12.8. The van der Waals surface area contributed by atoms with Gasteiger partial charge in [-0.1, -0.05) is 27.2 Å². The van der Waals surface area contributed by atoms with Crippen molar-refractivity contribution in [2.75, 3.05) is 11.9 Å². The molecule has 1 aromatic rings. The Labute approximate surface area is 163 Å². The Bertz CT molecular complexity index is 606. The Balaban J connectivity index is 1.99. The number of carbonyl (C=O) groups is 2. The minimum atomic E-state index is -0.520. The summed E-state index contributed by atoms with van der Waals surface area (Å²) in [6.07, 6.45) is 4.83. The van der Waals surface area contributed by atoms with Crippen molar-refractivity contribution in [1.29, 1.82) is 0 Å². The number of amides is 2. The predicted molar refractivity (Wildman–Crippen MR) is 109 cm³/mol. The molecule has 0 bridgehead atoms. The standard InChI is InChI=1S/C22H34N2O3/c1-5-16(4)20(24-21(25)17-9-7-15(3)8-10-17)22(26)23-18-11-13-19(14-12-18)27-6-2/h11-17,20H,5-10H2,1-4H3,(H,23,26)(H,24,25)/t15?,16-,17?,20-/m1/s1.